The standard InChI is InChI=1S/C27H34N4O7.C7H8/c1-7-10-31(11-8-2)24(32)19-14-17(21-20(25(33)34)9-12-36-21)13-18(15-19)23-30-29-22(37-23)16(3)28-26(35)38-27(4,5)6;1-7-5-3-2-4-6-7/h9,12-16H,7-8,10-11H2,1-6H3,(H,28,35)(H,33,34);2-6H,1H3/t16-;/m0./s1. The maximum absolute atomic E-state index is 13.4. The number of benzene rings is 2. The lowest BCUT2D eigenvalue weighted by Crippen LogP contribution is -2.34. The van der Waals surface area contributed by atoms with Crippen molar-refractivity contribution in [3.8, 4) is 22.8 Å². The maximum atomic E-state index is 13.4. The van der Waals surface area contributed by atoms with Gasteiger partial charge < -0.3 is 28.9 Å². The summed E-state index contributed by atoms with van der Waals surface area (Å²) >= 11 is 0. The molecule has 4 aromatic rings. The van der Waals surface area contributed by atoms with Gasteiger partial charge in [0.25, 0.3) is 5.91 Å². The SMILES string of the molecule is CCCN(CCC)C(=O)c1cc(-c2nnc([C@H](C)NC(=O)OC(C)(C)C)o2)cc(-c2occc2C(=O)O)c1.Cc1ccccc1. The average Bonchev–Trinajstić information content (AvgIpc) is 3.67. The molecule has 0 aliphatic carbocycles. The third-order valence-electron chi connectivity index (χ3n) is 6.34. The van der Waals surface area contributed by atoms with Crippen LogP contribution in [0.3, 0.4) is 0 Å². The number of amides is 2. The molecule has 0 unspecified atom stereocenters. The van der Waals surface area contributed by atoms with Gasteiger partial charge in [-0.25, -0.2) is 9.59 Å². The minimum absolute atomic E-state index is 0.0408. The van der Waals surface area contributed by atoms with Crippen LogP contribution in [0.2, 0.25) is 0 Å². The summed E-state index contributed by atoms with van der Waals surface area (Å²) in [6.07, 6.45) is 2.22. The van der Waals surface area contributed by atoms with Crippen molar-refractivity contribution in [3.05, 3.63) is 83.4 Å². The van der Waals surface area contributed by atoms with E-state index in [1.807, 2.05) is 32.0 Å². The molecule has 45 heavy (non-hydrogen) atoms. The van der Waals surface area contributed by atoms with E-state index in [0.717, 1.165) is 12.8 Å². The summed E-state index contributed by atoms with van der Waals surface area (Å²) in [6.45, 7) is 14.2. The van der Waals surface area contributed by atoms with Crippen molar-refractivity contribution in [1.82, 2.24) is 20.4 Å². The number of furan rings is 1. The van der Waals surface area contributed by atoms with Crippen molar-refractivity contribution in [1.29, 1.82) is 0 Å². The predicted octanol–water partition coefficient (Wildman–Crippen LogP) is 7.54. The third kappa shape index (κ3) is 10.1. The second-order valence-corrected chi connectivity index (χ2v) is 11.5. The Morgan fingerprint density at radius 3 is 2.18 bits per heavy atom. The van der Waals surface area contributed by atoms with E-state index in [2.05, 4.69) is 34.6 Å². The van der Waals surface area contributed by atoms with Crippen LogP contribution in [0.15, 0.2) is 69.7 Å². The zero-order valence-electron chi connectivity index (χ0n) is 26.9. The molecule has 2 amide bonds. The van der Waals surface area contributed by atoms with Crippen molar-refractivity contribution in [3.63, 3.8) is 0 Å². The molecule has 0 saturated heterocycles. The molecule has 4 rings (SSSR count). The fourth-order valence-electron chi connectivity index (χ4n) is 4.35. The first-order valence-electron chi connectivity index (χ1n) is 14.9. The number of aromatic nitrogens is 2. The quantitative estimate of drug-likeness (QED) is 0.184. The van der Waals surface area contributed by atoms with E-state index in [-0.39, 0.29) is 29.0 Å². The number of carboxylic acids is 1. The minimum Gasteiger partial charge on any atom is -0.478 e. The zero-order valence-corrected chi connectivity index (χ0v) is 26.9. The van der Waals surface area contributed by atoms with E-state index >= 15 is 0 Å². The van der Waals surface area contributed by atoms with Crippen molar-refractivity contribution < 1.29 is 33.1 Å². The van der Waals surface area contributed by atoms with E-state index in [1.54, 1.807) is 50.8 Å². The lowest BCUT2D eigenvalue weighted by atomic mass is 10.0. The number of alkyl carbamates (subject to hydrolysis) is 1. The zero-order chi connectivity index (χ0) is 33.1. The summed E-state index contributed by atoms with van der Waals surface area (Å²) in [4.78, 5) is 39.1. The van der Waals surface area contributed by atoms with Crippen molar-refractivity contribution in [2.75, 3.05) is 13.1 Å². The smallest absolute Gasteiger partial charge is 0.408 e. The summed E-state index contributed by atoms with van der Waals surface area (Å²) in [7, 11) is 0. The molecule has 0 fully saturated rings. The molecule has 2 N–H and O–H groups in total. The summed E-state index contributed by atoms with van der Waals surface area (Å²) in [5.74, 6) is -1.04. The van der Waals surface area contributed by atoms with Crippen molar-refractivity contribution in [2.45, 2.75) is 73.0 Å². The topological polar surface area (TPSA) is 148 Å². The van der Waals surface area contributed by atoms with Gasteiger partial charge in [0.1, 0.15) is 23.0 Å². The maximum Gasteiger partial charge on any atom is 0.408 e. The van der Waals surface area contributed by atoms with E-state index in [1.165, 1.54) is 17.9 Å². The first kappa shape index (κ1) is 34.6. The second kappa shape index (κ2) is 15.7. The van der Waals surface area contributed by atoms with E-state index in [0.29, 0.717) is 29.8 Å². The van der Waals surface area contributed by atoms with Gasteiger partial charge in [0.2, 0.25) is 11.8 Å². The normalized spacial score (nSPS) is 11.6. The Balaban J connectivity index is 0.000000693. The molecule has 240 valence electrons. The van der Waals surface area contributed by atoms with Gasteiger partial charge >= 0.3 is 12.1 Å². The number of aryl methyl sites for hydroxylation is 1. The third-order valence-corrected chi connectivity index (χ3v) is 6.34. The molecule has 0 radical (unpaired) electrons. The van der Waals surface area contributed by atoms with Gasteiger partial charge in [-0.15, -0.1) is 10.2 Å². The van der Waals surface area contributed by atoms with E-state index in [4.69, 9.17) is 13.6 Å². The summed E-state index contributed by atoms with van der Waals surface area (Å²) < 4.78 is 16.6. The van der Waals surface area contributed by atoms with Gasteiger partial charge in [0, 0.05) is 29.8 Å². The highest BCUT2D eigenvalue weighted by Crippen LogP contribution is 2.32. The Bertz CT molecular complexity index is 1560. The van der Waals surface area contributed by atoms with Crippen LogP contribution in [0.5, 0.6) is 0 Å². The Morgan fingerprint density at radius 2 is 1.62 bits per heavy atom. The minimum atomic E-state index is -1.16. The molecular formula is C34H42N4O7. The molecule has 0 saturated carbocycles. The average molecular weight is 619 g/mol. The highest BCUT2D eigenvalue weighted by molar-refractivity contribution is 5.99. The number of carbonyl (C=O) groups is 3. The Hall–Kier alpha value is -4.93. The van der Waals surface area contributed by atoms with Gasteiger partial charge in [0.15, 0.2) is 0 Å². The molecule has 0 aliphatic heterocycles. The molecular weight excluding hydrogens is 576 g/mol. The largest absolute Gasteiger partial charge is 0.478 e. The summed E-state index contributed by atoms with van der Waals surface area (Å²) in [5, 5.41) is 20.4. The molecule has 0 aliphatic rings. The first-order chi connectivity index (χ1) is 21.3. The summed E-state index contributed by atoms with van der Waals surface area (Å²) in [6, 6.07) is 15.8. The second-order valence-electron chi connectivity index (χ2n) is 11.5. The highest BCUT2D eigenvalue weighted by atomic mass is 16.6. The van der Waals surface area contributed by atoms with Crippen LogP contribution in [0.4, 0.5) is 4.79 Å². The molecule has 11 nitrogen and oxygen atoms in total. The number of nitrogens with zero attached hydrogens (tertiary/aromatic N) is 3. The van der Waals surface area contributed by atoms with Crippen molar-refractivity contribution in [2.24, 2.45) is 0 Å². The number of aromatic carboxylic acids is 1. The van der Waals surface area contributed by atoms with Gasteiger partial charge in [0.05, 0.1) is 6.26 Å². The van der Waals surface area contributed by atoms with E-state index in [9.17, 15) is 19.5 Å². The molecule has 2 aromatic heterocycles. The molecule has 2 heterocycles. The number of nitrogens with one attached hydrogen (secondary N) is 1. The molecule has 0 spiro atoms. The molecule has 11 heteroatoms. The molecule has 2 aromatic carbocycles. The number of hydrogen-bond acceptors (Lipinski definition) is 8. The lowest BCUT2D eigenvalue weighted by Gasteiger charge is -2.22. The highest BCUT2D eigenvalue weighted by Gasteiger charge is 2.24. The van der Waals surface area contributed by atoms with Crippen LogP contribution >= 0.6 is 0 Å². The van der Waals surface area contributed by atoms with Crippen molar-refractivity contribution >= 4 is 18.0 Å². The monoisotopic (exact) mass is 618 g/mol. The molecule has 0 bridgehead atoms. The van der Waals surface area contributed by atoms with Crippen LogP contribution in [0, 0.1) is 6.92 Å². The summed E-state index contributed by atoms with van der Waals surface area (Å²) in [5.41, 5.74) is 1.71. The van der Waals surface area contributed by atoms with Gasteiger partial charge in [-0.05, 0) is 71.7 Å². The Morgan fingerprint density at radius 1 is 0.978 bits per heavy atom. The van der Waals surface area contributed by atoms with Crippen LogP contribution in [0.1, 0.15) is 92.6 Å². The molecule has 1 atom stereocenters. The van der Waals surface area contributed by atoms with Gasteiger partial charge in [-0.3, -0.25) is 4.79 Å². The fraction of sp³-hybridized carbons (Fsp3) is 0.382. The number of hydrogen-bond donors (Lipinski definition) is 2. The number of ether oxygens (including phenoxy) is 1. The van der Waals surface area contributed by atoms with Gasteiger partial charge in [-0.1, -0.05) is 49.7 Å². The lowest BCUT2D eigenvalue weighted by molar-refractivity contribution is 0.0500. The predicted molar refractivity (Wildman–Crippen MR) is 170 cm³/mol. The van der Waals surface area contributed by atoms with Crippen LogP contribution in [-0.2, 0) is 4.74 Å². The number of carboxylic acid groups (broad SMARTS) is 1. The number of carbonyl (C=O) groups excluding carboxylic acids is 2. The Kier molecular flexibility index (Phi) is 12.1. The fourth-order valence-corrected chi connectivity index (χ4v) is 4.35. The first-order valence-corrected chi connectivity index (χ1v) is 14.9. The van der Waals surface area contributed by atoms with Gasteiger partial charge in [-0.2, -0.15) is 0 Å². The van der Waals surface area contributed by atoms with Crippen LogP contribution in [0.25, 0.3) is 22.8 Å². The van der Waals surface area contributed by atoms with Crippen LogP contribution < -0.4 is 5.32 Å². The number of rotatable bonds is 10. The van der Waals surface area contributed by atoms with Crippen LogP contribution in [-0.4, -0.2) is 56.9 Å². The van der Waals surface area contributed by atoms with E-state index < -0.39 is 23.7 Å². The Labute approximate surface area is 263 Å².